The number of nitrogens with one attached hydrogen (secondary N) is 1. The van der Waals surface area contributed by atoms with Gasteiger partial charge in [-0.25, -0.2) is 4.98 Å². The summed E-state index contributed by atoms with van der Waals surface area (Å²) in [6.45, 7) is 7.16. The Morgan fingerprint density at radius 3 is 2.71 bits per heavy atom. The fourth-order valence-electron chi connectivity index (χ4n) is 2.15. The van der Waals surface area contributed by atoms with E-state index < -0.39 is 0 Å². The number of halogens is 1. The lowest BCUT2D eigenvalue weighted by Crippen LogP contribution is -2.47. The topological polar surface area (TPSA) is 59.0 Å². The van der Waals surface area contributed by atoms with Crippen molar-refractivity contribution in [2.45, 2.75) is 13.0 Å². The fourth-order valence-corrected chi connectivity index (χ4v) is 2.58. The van der Waals surface area contributed by atoms with Crippen LogP contribution in [0.3, 0.4) is 0 Å². The molecule has 0 saturated carbocycles. The predicted molar refractivity (Wildman–Crippen MR) is 68.3 cm³/mol. The maximum Gasteiger partial charge on any atom is 0.141 e. The van der Waals surface area contributed by atoms with Crippen molar-refractivity contribution in [3.63, 3.8) is 0 Å². The molecule has 5 nitrogen and oxygen atoms in total. The molecule has 2 heterocycles. The summed E-state index contributed by atoms with van der Waals surface area (Å²) in [5.74, 6) is 0. The van der Waals surface area contributed by atoms with Gasteiger partial charge in [0.2, 0.25) is 0 Å². The number of nitriles is 1. The minimum absolute atomic E-state index is 0.231. The lowest BCUT2D eigenvalue weighted by molar-refractivity contribution is 0.117. The highest BCUT2D eigenvalue weighted by molar-refractivity contribution is 9.10. The number of rotatable bonds is 3. The first kappa shape index (κ1) is 12.6. The van der Waals surface area contributed by atoms with Crippen LogP contribution in [0.2, 0.25) is 0 Å². The first-order valence-electron chi connectivity index (χ1n) is 5.81. The zero-order valence-electron chi connectivity index (χ0n) is 9.86. The van der Waals surface area contributed by atoms with Crippen LogP contribution in [0.1, 0.15) is 18.7 Å². The van der Waals surface area contributed by atoms with E-state index in [1.807, 2.05) is 0 Å². The molecule has 0 aromatic carbocycles. The smallest absolute Gasteiger partial charge is 0.141 e. The Bertz CT molecular complexity index is 402. The summed E-state index contributed by atoms with van der Waals surface area (Å²) in [6.07, 6.45) is 1.62. The second-order valence-electron chi connectivity index (χ2n) is 4.11. The van der Waals surface area contributed by atoms with Gasteiger partial charge in [0.05, 0.1) is 18.1 Å². The van der Waals surface area contributed by atoms with Gasteiger partial charge in [0, 0.05) is 26.2 Å². The van der Waals surface area contributed by atoms with E-state index in [0.29, 0.717) is 0 Å². The largest absolute Gasteiger partial charge is 0.345 e. The molecule has 1 aliphatic rings. The van der Waals surface area contributed by atoms with Gasteiger partial charge in [0.15, 0.2) is 0 Å². The van der Waals surface area contributed by atoms with E-state index in [9.17, 15) is 5.26 Å². The maximum atomic E-state index is 9.32. The van der Waals surface area contributed by atoms with Gasteiger partial charge < -0.3 is 9.88 Å². The van der Waals surface area contributed by atoms with Crippen molar-refractivity contribution in [2.75, 3.05) is 32.7 Å². The normalized spacial score (nSPS) is 20.1. The van der Waals surface area contributed by atoms with Crippen molar-refractivity contribution in [3.05, 3.63) is 16.6 Å². The summed E-state index contributed by atoms with van der Waals surface area (Å²) in [6, 6.07) is 2.12. The molecule has 1 unspecified atom stereocenters. The first-order valence-corrected chi connectivity index (χ1v) is 6.60. The van der Waals surface area contributed by atoms with E-state index in [1.165, 1.54) is 0 Å². The van der Waals surface area contributed by atoms with E-state index in [2.05, 4.69) is 48.7 Å². The van der Waals surface area contributed by atoms with Crippen LogP contribution in [0.15, 0.2) is 10.9 Å². The molecule has 2 rings (SSSR count). The fraction of sp³-hybridized carbons (Fsp3) is 0.636. The Hall–Kier alpha value is -0.900. The molecule has 1 aromatic rings. The summed E-state index contributed by atoms with van der Waals surface area (Å²) in [7, 11) is 0. The minimum Gasteiger partial charge on any atom is -0.345 e. The van der Waals surface area contributed by atoms with E-state index >= 15 is 0 Å². The summed E-state index contributed by atoms with van der Waals surface area (Å²) < 4.78 is 0.738. The highest BCUT2D eigenvalue weighted by Gasteiger charge is 2.26. The number of aromatic amines is 1. The Labute approximate surface area is 110 Å². The monoisotopic (exact) mass is 297 g/mol. The number of piperazine rings is 1. The molecular formula is C11H16BrN5. The van der Waals surface area contributed by atoms with Gasteiger partial charge in [-0.1, -0.05) is 6.92 Å². The second kappa shape index (κ2) is 5.63. The summed E-state index contributed by atoms with van der Waals surface area (Å²) >= 11 is 3.37. The molecule has 1 saturated heterocycles. The van der Waals surface area contributed by atoms with Gasteiger partial charge >= 0.3 is 0 Å². The molecule has 1 atom stereocenters. The summed E-state index contributed by atoms with van der Waals surface area (Å²) in [5.41, 5.74) is 0.859. The molecule has 0 bridgehead atoms. The Morgan fingerprint density at radius 1 is 1.53 bits per heavy atom. The molecule has 17 heavy (non-hydrogen) atoms. The number of nitrogens with zero attached hydrogens (tertiary/aromatic N) is 4. The lowest BCUT2D eigenvalue weighted by atomic mass is 10.2. The molecule has 0 amide bonds. The zero-order valence-corrected chi connectivity index (χ0v) is 11.4. The number of aromatic nitrogens is 2. The van der Waals surface area contributed by atoms with E-state index in [-0.39, 0.29) is 6.04 Å². The quantitative estimate of drug-likeness (QED) is 0.916. The predicted octanol–water partition coefficient (Wildman–Crippen LogP) is 1.37. The SMILES string of the molecule is CCN1CCN(C(C#N)c2[nH]cnc2Br)CC1. The van der Waals surface area contributed by atoms with Crippen LogP contribution in [-0.2, 0) is 0 Å². The van der Waals surface area contributed by atoms with Gasteiger partial charge in [-0.2, -0.15) is 5.26 Å². The van der Waals surface area contributed by atoms with Crippen LogP contribution in [0.5, 0.6) is 0 Å². The van der Waals surface area contributed by atoms with Crippen LogP contribution in [-0.4, -0.2) is 52.5 Å². The molecule has 0 spiro atoms. The third-order valence-corrected chi connectivity index (χ3v) is 3.87. The van der Waals surface area contributed by atoms with E-state index in [1.54, 1.807) is 6.33 Å². The highest BCUT2D eigenvalue weighted by atomic mass is 79.9. The average molecular weight is 298 g/mol. The van der Waals surface area contributed by atoms with Crippen molar-refractivity contribution in [2.24, 2.45) is 0 Å². The van der Waals surface area contributed by atoms with Gasteiger partial charge in [0.25, 0.3) is 0 Å². The second-order valence-corrected chi connectivity index (χ2v) is 4.86. The number of hydrogen-bond donors (Lipinski definition) is 1. The maximum absolute atomic E-state index is 9.32. The Kier molecular flexibility index (Phi) is 4.15. The average Bonchev–Trinajstić information content (AvgIpc) is 2.78. The van der Waals surface area contributed by atoms with Gasteiger partial charge in [-0.3, -0.25) is 4.90 Å². The van der Waals surface area contributed by atoms with E-state index in [0.717, 1.165) is 43.0 Å². The summed E-state index contributed by atoms with van der Waals surface area (Å²) in [4.78, 5) is 11.7. The zero-order chi connectivity index (χ0) is 12.3. The van der Waals surface area contributed by atoms with Crippen LogP contribution in [0.25, 0.3) is 0 Å². The summed E-state index contributed by atoms with van der Waals surface area (Å²) in [5, 5.41) is 9.32. The Morgan fingerprint density at radius 2 is 2.24 bits per heavy atom. The number of H-pyrrole nitrogens is 1. The molecule has 1 aromatic heterocycles. The first-order chi connectivity index (χ1) is 8.26. The molecule has 1 aliphatic heterocycles. The van der Waals surface area contributed by atoms with Crippen LogP contribution < -0.4 is 0 Å². The van der Waals surface area contributed by atoms with Crippen molar-refractivity contribution in [3.8, 4) is 6.07 Å². The van der Waals surface area contributed by atoms with Crippen molar-refractivity contribution >= 4 is 15.9 Å². The Balaban J connectivity index is 2.06. The number of imidazole rings is 1. The third kappa shape index (κ3) is 2.68. The van der Waals surface area contributed by atoms with Crippen molar-refractivity contribution in [1.29, 1.82) is 5.26 Å². The number of likely N-dealkylation sites (N-methyl/N-ethyl adjacent to an activating group) is 1. The minimum atomic E-state index is -0.231. The molecule has 0 radical (unpaired) electrons. The van der Waals surface area contributed by atoms with Crippen LogP contribution in [0.4, 0.5) is 0 Å². The number of hydrogen-bond acceptors (Lipinski definition) is 4. The molecule has 0 aliphatic carbocycles. The molecule has 92 valence electrons. The van der Waals surface area contributed by atoms with Crippen molar-refractivity contribution < 1.29 is 0 Å². The third-order valence-electron chi connectivity index (χ3n) is 3.24. The van der Waals surface area contributed by atoms with Gasteiger partial charge in [0.1, 0.15) is 10.6 Å². The molecule has 1 N–H and O–H groups in total. The van der Waals surface area contributed by atoms with Crippen molar-refractivity contribution in [1.82, 2.24) is 19.8 Å². The van der Waals surface area contributed by atoms with Crippen LogP contribution >= 0.6 is 15.9 Å². The molecule has 6 heteroatoms. The van der Waals surface area contributed by atoms with Crippen LogP contribution in [0, 0.1) is 11.3 Å². The van der Waals surface area contributed by atoms with E-state index in [4.69, 9.17) is 0 Å². The molecule has 1 fully saturated rings. The van der Waals surface area contributed by atoms with Gasteiger partial charge in [-0.05, 0) is 22.5 Å². The molecular weight excluding hydrogens is 282 g/mol. The highest BCUT2D eigenvalue weighted by Crippen LogP contribution is 2.25. The lowest BCUT2D eigenvalue weighted by Gasteiger charge is -2.36. The van der Waals surface area contributed by atoms with Gasteiger partial charge in [-0.15, -0.1) is 0 Å². The standard InChI is InChI=1S/C11H16BrN5/c1-2-16-3-5-17(6-4-16)9(7-13)10-11(12)15-8-14-10/h8-9H,2-6H2,1H3,(H,14,15).